The van der Waals surface area contributed by atoms with Gasteiger partial charge in [0.2, 0.25) is 0 Å². The van der Waals surface area contributed by atoms with Crippen LogP contribution in [0.4, 0.5) is 0 Å². The van der Waals surface area contributed by atoms with Crippen LogP contribution < -0.4 is 11.2 Å². The third-order valence-electron chi connectivity index (χ3n) is 3.68. The molecule has 3 rings (SSSR count). The number of hydrogen-bond donors (Lipinski definition) is 1. The highest BCUT2D eigenvalue weighted by molar-refractivity contribution is 7.13. The molecule has 3 heterocycles. The first kappa shape index (κ1) is 14.8. The van der Waals surface area contributed by atoms with Crippen LogP contribution in [0.15, 0.2) is 27.1 Å². The minimum Gasteiger partial charge on any atom is -0.318 e. The molecule has 3 aromatic heterocycles. The zero-order chi connectivity index (χ0) is 15.7. The SMILES string of the molecule is CCCCn1c(=O)[nH]c(=O)c2c1nc(-c1cccs1)n2CC. The molecule has 3 aromatic rings. The Morgan fingerprint density at radius 3 is 2.73 bits per heavy atom. The van der Waals surface area contributed by atoms with E-state index in [1.807, 2.05) is 29.0 Å². The van der Waals surface area contributed by atoms with Crippen LogP contribution in [0.2, 0.25) is 0 Å². The quantitative estimate of drug-likeness (QED) is 0.785. The van der Waals surface area contributed by atoms with Crippen molar-refractivity contribution in [2.45, 2.75) is 39.8 Å². The maximum Gasteiger partial charge on any atom is 0.330 e. The predicted molar refractivity (Wildman–Crippen MR) is 88.5 cm³/mol. The monoisotopic (exact) mass is 318 g/mol. The first-order valence-electron chi connectivity index (χ1n) is 7.44. The molecule has 0 aliphatic carbocycles. The van der Waals surface area contributed by atoms with Crippen molar-refractivity contribution in [3.8, 4) is 10.7 Å². The average Bonchev–Trinajstić information content (AvgIpc) is 3.13. The van der Waals surface area contributed by atoms with Crippen LogP contribution >= 0.6 is 11.3 Å². The molecule has 0 aliphatic heterocycles. The summed E-state index contributed by atoms with van der Waals surface area (Å²) in [7, 11) is 0. The molecule has 0 radical (unpaired) electrons. The zero-order valence-electron chi connectivity index (χ0n) is 12.6. The Hall–Kier alpha value is -2.15. The van der Waals surface area contributed by atoms with Gasteiger partial charge in [-0.1, -0.05) is 19.4 Å². The van der Waals surface area contributed by atoms with Crippen molar-refractivity contribution >= 4 is 22.5 Å². The second-order valence-electron chi connectivity index (χ2n) is 5.09. The Bertz CT molecular complexity index is 902. The second kappa shape index (κ2) is 5.92. The first-order valence-corrected chi connectivity index (χ1v) is 8.32. The highest BCUT2D eigenvalue weighted by Gasteiger charge is 2.18. The molecule has 0 aliphatic rings. The maximum atomic E-state index is 12.3. The van der Waals surface area contributed by atoms with E-state index in [0.29, 0.717) is 24.3 Å². The standard InChI is InChI=1S/C15H18N4O2S/c1-3-5-8-19-13-11(14(20)17-15(19)21)18(4-2)12(16-13)10-7-6-9-22-10/h6-7,9H,3-5,8H2,1-2H3,(H,17,20,21). The number of aromatic amines is 1. The Kier molecular flexibility index (Phi) is 3.98. The van der Waals surface area contributed by atoms with E-state index in [1.165, 1.54) is 0 Å². The van der Waals surface area contributed by atoms with E-state index >= 15 is 0 Å². The number of H-pyrrole nitrogens is 1. The lowest BCUT2D eigenvalue weighted by molar-refractivity contribution is 0.613. The van der Waals surface area contributed by atoms with Gasteiger partial charge >= 0.3 is 5.69 Å². The van der Waals surface area contributed by atoms with Crippen LogP contribution in [0.25, 0.3) is 21.9 Å². The number of imidazole rings is 1. The van der Waals surface area contributed by atoms with E-state index < -0.39 is 0 Å². The van der Waals surface area contributed by atoms with Crippen molar-refractivity contribution in [3.05, 3.63) is 38.4 Å². The third kappa shape index (κ3) is 2.31. The summed E-state index contributed by atoms with van der Waals surface area (Å²) in [5.74, 6) is 0.744. The molecule has 0 saturated carbocycles. The summed E-state index contributed by atoms with van der Waals surface area (Å²) in [4.78, 5) is 32.4. The molecule has 1 N–H and O–H groups in total. The first-order chi connectivity index (χ1) is 10.7. The predicted octanol–water partition coefficient (Wildman–Crippen LogP) is 2.43. The number of nitrogens with zero attached hydrogens (tertiary/aromatic N) is 3. The van der Waals surface area contributed by atoms with Crippen molar-refractivity contribution in [1.82, 2.24) is 19.1 Å². The summed E-state index contributed by atoms with van der Waals surface area (Å²) in [5, 5.41) is 1.98. The summed E-state index contributed by atoms with van der Waals surface area (Å²) in [6.45, 7) is 5.22. The molecule has 22 heavy (non-hydrogen) atoms. The Balaban J connectivity index is 2.35. The lowest BCUT2D eigenvalue weighted by atomic mass is 10.3. The van der Waals surface area contributed by atoms with Crippen LogP contribution in [0, 0.1) is 0 Å². The van der Waals surface area contributed by atoms with E-state index in [2.05, 4.69) is 16.9 Å². The summed E-state index contributed by atoms with van der Waals surface area (Å²) >= 11 is 1.57. The van der Waals surface area contributed by atoms with E-state index in [9.17, 15) is 9.59 Å². The van der Waals surface area contributed by atoms with Gasteiger partial charge in [0, 0.05) is 13.1 Å². The molecule has 0 spiro atoms. The second-order valence-corrected chi connectivity index (χ2v) is 6.04. The van der Waals surface area contributed by atoms with Gasteiger partial charge in [0.15, 0.2) is 17.0 Å². The maximum absolute atomic E-state index is 12.3. The summed E-state index contributed by atoms with van der Waals surface area (Å²) < 4.78 is 3.45. The number of aromatic nitrogens is 4. The van der Waals surface area contributed by atoms with E-state index in [0.717, 1.165) is 23.5 Å². The Morgan fingerprint density at radius 2 is 2.09 bits per heavy atom. The number of hydrogen-bond acceptors (Lipinski definition) is 4. The van der Waals surface area contributed by atoms with E-state index in [4.69, 9.17) is 0 Å². The van der Waals surface area contributed by atoms with Gasteiger partial charge in [-0.05, 0) is 24.8 Å². The third-order valence-corrected chi connectivity index (χ3v) is 4.54. The van der Waals surface area contributed by atoms with Gasteiger partial charge in [-0.15, -0.1) is 11.3 Å². The largest absolute Gasteiger partial charge is 0.330 e. The molecule has 6 nitrogen and oxygen atoms in total. The average molecular weight is 318 g/mol. The number of aryl methyl sites for hydroxylation is 2. The number of nitrogens with one attached hydrogen (secondary N) is 1. The van der Waals surface area contributed by atoms with Crippen molar-refractivity contribution < 1.29 is 0 Å². The summed E-state index contributed by atoms with van der Waals surface area (Å²) in [6, 6.07) is 3.93. The van der Waals surface area contributed by atoms with Gasteiger partial charge in [0.05, 0.1) is 4.88 Å². The number of fused-ring (bicyclic) bond motifs is 1. The molecule has 0 amide bonds. The van der Waals surface area contributed by atoms with Gasteiger partial charge in [-0.25, -0.2) is 9.78 Å². The number of rotatable bonds is 5. The Labute approximate surface area is 131 Å². The minimum atomic E-state index is -0.385. The lowest BCUT2D eigenvalue weighted by Crippen LogP contribution is -2.31. The van der Waals surface area contributed by atoms with Gasteiger partial charge in [-0.2, -0.15) is 0 Å². The van der Waals surface area contributed by atoms with Crippen LogP contribution in [0.1, 0.15) is 26.7 Å². The van der Waals surface area contributed by atoms with Crippen molar-refractivity contribution in [1.29, 1.82) is 0 Å². The van der Waals surface area contributed by atoms with Crippen LogP contribution in [-0.4, -0.2) is 19.1 Å². The summed E-state index contributed by atoms with van der Waals surface area (Å²) in [6.07, 6.45) is 1.84. The lowest BCUT2D eigenvalue weighted by Gasteiger charge is -2.05. The number of thiophene rings is 1. The number of unbranched alkanes of at least 4 members (excludes halogenated alkanes) is 1. The van der Waals surface area contributed by atoms with E-state index in [1.54, 1.807) is 15.9 Å². The fraction of sp³-hybridized carbons (Fsp3) is 0.400. The molecule has 0 fully saturated rings. The van der Waals surface area contributed by atoms with Gasteiger partial charge in [0.1, 0.15) is 0 Å². The minimum absolute atomic E-state index is 0.370. The molecular formula is C15H18N4O2S. The fourth-order valence-corrected chi connectivity index (χ4v) is 3.32. The molecule has 116 valence electrons. The Morgan fingerprint density at radius 1 is 1.27 bits per heavy atom. The molecule has 7 heteroatoms. The molecule has 0 unspecified atom stereocenters. The molecule has 0 saturated heterocycles. The van der Waals surface area contributed by atoms with Gasteiger partial charge in [-0.3, -0.25) is 14.3 Å². The van der Waals surface area contributed by atoms with Crippen molar-refractivity contribution in [2.24, 2.45) is 0 Å². The zero-order valence-corrected chi connectivity index (χ0v) is 13.4. The van der Waals surface area contributed by atoms with Crippen LogP contribution in [0.5, 0.6) is 0 Å². The molecule has 0 aromatic carbocycles. The summed E-state index contributed by atoms with van der Waals surface area (Å²) in [5.41, 5.74) is 0.198. The van der Waals surface area contributed by atoms with E-state index in [-0.39, 0.29) is 11.2 Å². The topological polar surface area (TPSA) is 72.7 Å². The van der Waals surface area contributed by atoms with Gasteiger partial charge < -0.3 is 4.57 Å². The highest BCUT2D eigenvalue weighted by atomic mass is 32.1. The molecular weight excluding hydrogens is 300 g/mol. The molecule has 0 atom stereocenters. The van der Waals surface area contributed by atoms with Crippen LogP contribution in [0.3, 0.4) is 0 Å². The smallest absolute Gasteiger partial charge is 0.318 e. The van der Waals surface area contributed by atoms with Crippen molar-refractivity contribution in [2.75, 3.05) is 0 Å². The normalized spacial score (nSPS) is 11.4. The van der Waals surface area contributed by atoms with Crippen molar-refractivity contribution in [3.63, 3.8) is 0 Å². The fourth-order valence-electron chi connectivity index (χ4n) is 2.60. The molecule has 0 bridgehead atoms. The van der Waals surface area contributed by atoms with Crippen LogP contribution in [-0.2, 0) is 13.1 Å². The van der Waals surface area contributed by atoms with Gasteiger partial charge in [0.25, 0.3) is 5.56 Å². The highest BCUT2D eigenvalue weighted by Crippen LogP contribution is 2.26.